The average molecular weight is 800 g/mol. The maximum absolute atomic E-state index is 14.6. The number of carbonyl (C=O) groups is 5. The third kappa shape index (κ3) is 12.9. The molecule has 0 aliphatic carbocycles. The number of nitrogens with one attached hydrogen (secondary N) is 3. The van der Waals surface area contributed by atoms with E-state index in [0.717, 1.165) is 38.2 Å². The zero-order valence-corrected chi connectivity index (χ0v) is 33.8. The molecule has 0 fully saturated rings. The number of amides is 5. The minimum Gasteiger partial charge on any atom is -0.368 e. The number of unbranched alkanes of at least 4 members (excludes halogenated alkanes) is 2. The number of nitrogens with two attached hydrogens (primary N) is 3. The van der Waals surface area contributed by atoms with Gasteiger partial charge in [-0.15, -0.1) is 0 Å². The van der Waals surface area contributed by atoms with Gasteiger partial charge in [-0.3, -0.25) is 24.0 Å². The smallest absolute Gasteiger partial charge is 0.243 e. The van der Waals surface area contributed by atoms with Gasteiger partial charge in [0.15, 0.2) is 0 Å². The Kier molecular flexibility index (Phi) is 16.5. The van der Waals surface area contributed by atoms with Gasteiger partial charge < -0.3 is 38.1 Å². The molecule has 0 heterocycles. The number of carbonyl (C=O) groups excluding carboxylic acids is 5. The fourth-order valence-electron chi connectivity index (χ4n) is 7.23. The minimum absolute atomic E-state index is 0.0853. The lowest BCUT2D eigenvalue weighted by atomic mass is 9.98. The maximum Gasteiger partial charge on any atom is 0.243 e. The summed E-state index contributed by atoms with van der Waals surface area (Å²) >= 11 is 0. The van der Waals surface area contributed by atoms with Gasteiger partial charge in [-0.05, 0) is 83.4 Å². The normalized spacial score (nSPS) is 13.2. The van der Waals surface area contributed by atoms with Crippen molar-refractivity contribution in [1.29, 1.82) is 0 Å². The van der Waals surface area contributed by atoms with Crippen LogP contribution in [0.15, 0.2) is 115 Å². The van der Waals surface area contributed by atoms with Crippen LogP contribution >= 0.6 is 0 Å². The Bertz CT molecular complexity index is 2200. The molecule has 0 aliphatic heterocycles. The van der Waals surface area contributed by atoms with Gasteiger partial charge in [-0.2, -0.15) is 0 Å². The fraction of sp³-hybridized carbons (Fsp3) is 0.340. The summed E-state index contributed by atoms with van der Waals surface area (Å²) in [5.41, 5.74) is 19.4. The molecule has 4 atom stereocenters. The highest BCUT2D eigenvalue weighted by Crippen LogP contribution is 2.20. The van der Waals surface area contributed by atoms with Crippen molar-refractivity contribution < 1.29 is 24.0 Å². The van der Waals surface area contributed by atoms with Crippen molar-refractivity contribution in [3.8, 4) is 0 Å². The zero-order valence-electron chi connectivity index (χ0n) is 33.8. The van der Waals surface area contributed by atoms with Crippen molar-refractivity contribution in [3.63, 3.8) is 0 Å². The van der Waals surface area contributed by atoms with Gasteiger partial charge >= 0.3 is 0 Å². The Morgan fingerprint density at radius 3 is 1.56 bits per heavy atom. The summed E-state index contributed by atoms with van der Waals surface area (Å²) in [5.74, 6) is -2.63. The monoisotopic (exact) mass is 799 g/mol. The van der Waals surface area contributed by atoms with Gasteiger partial charge in [0.1, 0.15) is 24.2 Å². The first kappa shape index (κ1) is 44.0. The highest BCUT2D eigenvalue weighted by molar-refractivity contribution is 5.96. The topological polar surface area (TPSA) is 203 Å². The van der Waals surface area contributed by atoms with E-state index in [1.54, 1.807) is 7.05 Å². The number of likely N-dealkylation sites (N-methyl/N-ethyl adjacent to an activating group) is 1. The van der Waals surface area contributed by atoms with Gasteiger partial charge in [-0.1, -0.05) is 115 Å². The molecule has 0 aromatic heterocycles. The summed E-state index contributed by atoms with van der Waals surface area (Å²) in [7, 11) is 1.61. The molecule has 9 N–H and O–H groups in total. The molecule has 0 radical (unpaired) electrons. The summed E-state index contributed by atoms with van der Waals surface area (Å²) in [5, 5.41) is 12.7. The number of primary amides is 1. The Balaban J connectivity index is 1.47. The Hall–Kier alpha value is -6.11. The maximum atomic E-state index is 14.6. The third-order valence-corrected chi connectivity index (χ3v) is 10.7. The van der Waals surface area contributed by atoms with E-state index in [0.29, 0.717) is 45.2 Å². The van der Waals surface area contributed by atoms with Crippen LogP contribution in [0.5, 0.6) is 0 Å². The molecule has 12 nitrogen and oxygen atoms in total. The highest BCUT2D eigenvalue weighted by atomic mass is 16.2. The quantitative estimate of drug-likeness (QED) is 0.0567. The number of hydrogen-bond donors (Lipinski definition) is 6. The lowest BCUT2D eigenvalue weighted by Crippen LogP contribution is -2.59. The van der Waals surface area contributed by atoms with E-state index in [4.69, 9.17) is 17.2 Å². The van der Waals surface area contributed by atoms with Crippen LogP contribution in [0.3, 0.4) is 0 Å². The fourth-order valence-corrected chi connectivity index (χ4v) is 7.23. The molecule has 5 aromatic carbocycles. The van der Waals surface area contributed by atoms with Crippen LogP contribution in [0.25, 0.3) is 21.5 Å². The van der Waals surface area contributed by atoms with E-state index < -0.39 is 47.8 Å². The Morgan fingerprint density at radius 2 is 1.00 bits per heavy atom. The third-order valence-electron chi connectivity index (χ3n) is 10.7. The van der Waals surface area contributed by atoms with Crippen molar-refractivity contribution in [2.24, 2.45) is 17.2 Å². The second kappa shape index (κ2) is 22.2. The number of benzene rings is 5. The second-order valence-corrected chi connectivity index (χ2v) is 15.1. The summed E-state index contributed by atoms with van der Waals surface area (Å²) in [6, 6.07) is 32.5. The first-order valence-electron chi connectivity index (χ1n) is 20.4. The zero-order chi connectivity index (χ0) is 42.1. The first-order valence-corrected chi connectivity index (χ1v) is 20.4. The minimum atomic E-state index is -1.16. The van der Waals surface area contributed by atoms with Gasteiger partial charge in [0.05, 0.1) is 0 Å². The van der Waals surface area contributed by atoms with Crippen LogP contribution in [-0.4, -0.2) is 78.7 Å². The molecular weight excluding hydrogens is 743 g/mol. The summed E-state index contributed by atoms with van der Waals surface area (Å²) in [4.78, 5) is 70.6. The summed E-state index contributed by atoms with van der Waals surface area (Å²) in [6.45, 7) is 0.877. The molecule has 5 amide bonds. The lowest BCUT2D eigenvalue weighted by molar-refractivity contribution is -0.140. The molecule has 59 heavy (non-hydrogen) atoms. The summed E-state index contributed by atoms with van der Waals surface area (Å²) in [6.07, 6.45) is 3.35. The molecule has 310 valence electrons. The van der Waals surface area contributed by atoms with E-state index in [2.05, 4.69) is 16.0 Å². The SMILES string of the molecule is CN(C(=O)CCCCN)C(Cc1ccc2ccccc2c1)C(=O)N[C@H](Cc1ccc2ccccc2c1)C(=O)N[C@@H](Cc1ccccc1)C(=O)NC(CCCCN)C(N)=O. The molecule has 0 aliphatic rings. The average Bonchev–Trinajstić information content (AvgIpc) is 3.24. The first-order chi connectivity index (χ1) is 28.6. The Morgan fingerprint density at radius 1 is 0.525 bits per heavy atom. The van der Waals surface area contributed by atoms with E-state index >= 15 is 0 Å². The standard InChI is InChI=1S/C47H57N7O5/c1-54(43(55)20-10-12-26-49)42(31-34-22-24-36-16-6-8-18-38(36)28-34)47(59)53-41(30-33-21-23-35-15-5-7-17-37(35)27-33)46(58)52-40(29-32-13-3-2-4-14-32)45(57)51-39(44(50)56)19-9-11-25-48/h2-8,13-18,21-24,27-28,39-42H,9-12,19-20,25-26,29-31,48-49H2,1H3,(H2,50,56)(H,51,57)(H,52,58)(H,53,59)/t39?,40-,41+,42?/m0/s1. The van der Waals surface area contributed by atoms with Gasteiger partial charge in [-0.25, -0.2) is 0 Å². The van der Waals surface area contributed by atoms with E-state index in [1.807, 2.05) is 115 Å². The van der Waals surface area contributed by atoms with E-state index in [-0.39, 0.29) is 31.6 Å². The van der Waals surface area contributed by atoms with Crippen LogP contribution in [0, 0.1) is 0 Å². The van der Waals surface area contributed by atoms with Crippen molar-refractivity contribution in [3.05, 3.63) is 132 Å². The molecule has 0 saturated carbocycles. The Labute approximate surface area is 346 Å². The lowest BCUT2D eigenvalue weighted by Gasteiger charge is -2.30. The van der Waals surface area contributed by atoms with Crippen molar-refractivity contribution in [1.82, 2.24) is 20.9 Å². The largest absolute Gasteiger partial charge is 0.368 e. The van der Waals surface area contributed by atoms with E-state index in [1.165, 1.54) is 4.90 Å². The molecule has 0 bridgehead atoms. The van der Waals surface area contributed by atoms with Gasteiger partial charge in [0.2, 0.25) is 29.5 Å². The van der Waals surface area contributed by atoms with Gasteiger partial charge in [0, 0.05) is 32.7 Å². The van der Waals surface area contributed by atoms with Crippen LogP contribution in [0.1, 0.15) is 55.2 Å². The molecule has 5 aromatic rings. The predicted molar refractivity (Wildman–Crippen MR) is 233 cm³/mol. The number of hydrogen-bond acceptors (Lipinski definition) is 7. The molecule has 0 spiro atoms. The van der Waals surface area contributed by atoms with E-state index in [9.17, 15) is 24.0 Å². The van der Waals surface area contributed by atoms with Crippen LogP contribution < -0.4 is 33.2 Å². The van der Waals surface area contributed by atoms with Gasteiger partial charge in [0.25, 0.3) is 0 Å². The summed E-state index contributed by atoms with van der Waals surface area (Å²) < 4.78 is 0. The van der Waals surface area contributed by atoms with Crippen LogP contribution in [0.4, 0.5) is 0 Å². The molecule has 0 saturated heterocycles. The van der Waals surface area contributed by atoms with Crippen molar-refractivity contribution in [2.45, 2.75) is 82.0 Å². The van der Waals surface area contributed by atoms with Crippen molar-refractivity contribution >= 4 is 51.1 Å². The number of fused-ring (bicyclic) bond motifs is 2. The number of rotatable bonds is 22. The molecule has 5 rings (SSSR count). The van der Waals surface area contributed by atoms with Crippen molar-refractivity contribution in [2.75, 3.05) is 20.1 Å². The number of nitrogens with zero attached hydrogens (tertiary/aromatic N) is 1. The predicted octanol–water partition coefficient (Wildman–Crippen LogP) is 4.05. The highest BCUT2D eigenvalue weighted by Gasteiger charge is 2.33. The second-order valence-electron chi connectivity index (χ2n) is 15.1. The van der Waals surface area contributed by atoms with Crippen LogP contribution in [-0.2, 0) is 43.2 Å². The molecule has 2 unspecified atom stereocenters. The molecule has 12 heteroatoms. The molecular formula is C47H57N7O5. The van der Waals surface area contributed by atoms with Crippen LogP contribution in [0.2, 0.25) is 0 Å².